The largest absolute Gasteiger partial charge is 0.417 e. The lowest BCUT2D eigenvalue weighted by Crippen LogP contribution is -2.09. The molecule has 0 amide bonds. The van der Waals surface area contributed by atoms with Gasteiger partial charge in [-0.05, 0) is 36.8 Å². The van der Waals surface area contributed by atoms with Gasteiger partial charge in [-0.1, -0.05) is 23.7 Å². The molecular weight excluding hydrogens is 388 g/mol. The number of hydrogen-bond acceptors (Lipinski definition) is 4. The molecule has 0 saturated heterocycles. The Labute approximate surface area is 163 Å². The summed E-state index contributed by atoms with van der Waals surface area (Å²) in [7, 11) is 0. The summed E-state index contributed by atoms with van der Waals surface area (Å²) >= 11 is 5.60. The standard InChI is InChI=1S/C20H14ClF2N3O2/c1-11-24-10-19-26(11)25-20(28-19)13-4-2-12(3-5-13)6-15(27)9-16-17(22)7-14(21)8-18(16)23/h2-5,7-8,10H,6,9H2,1H3. The molecule has 0 aliphatic rings. The monoisotopic (exact) mass is 401 g/mol. The second-order valence-corrected chi connectivity index (χ2v) is 6.84. The van der Waals surface area contributed by atoms with E-state index in [0.29, 0.717) is 17.4 Å². The summed E-state index contributed by atoms with van der Waals surface area (Å²) in [6.07, 6.45) is 1.31. The van der Waals surface area contributed by atoms with Crippen LogP contribution in [0.15, 0.2) is 47.0 Å². The quantitative estimate of drug-likeness (QED) is 0.491. The Morgan fingerprint density at radius 2 is 1.82 bits per heavy atom. The first-order chi connectivity index (χ1) is 13.4. The van der Waals surface area contributed by atoms with E-state index in [1.807, 2.05) is 6.92 Å². The van der Waals surface area contributed by atoms with Crippen LogP contribution in [0.1, 0.15) is 17.0 Å². The van der Waals surface area contributed by atoms with Crippen molar-refractivity contribution in [1.29, 1.82) is 0 Å². The molecule has 0 bridgehead atoms. The van der Waals surface area contributed by atoms with E-state index in [1.165, 1.54) is 0 Å². The Bertz CT molecular complexity index is 1160. The second-order valence-electron chi connectivity index (χ2n) is 6.40. The summed E-state index contributed by atoms with van der Waals surface area (Å²) in [5.74, 6) is -0.796. The topological polar surface area (TPSA) is 60.4 Å². The Morgan fingerprint density at radius 3 is 2.46 bits per heavy atom. The lowest BCUT2D eigenvalue weighted by Gasteiger charge is -2.06. The van der Waals surface area contributed by atoms with E-state index in [-0.39, 0.29) is 29.2 Å². The minimum atomic E-state index is -0.821. The summed E-state index contributed by atoms with van der Waals surface area (Å²) in [5, 5.41) is 4.30. The zero-order valence-electron chi connectivity index (χ0n) is 14.7. The van der Waals surface area contributed by atoms with E-state index < -0.39 is 11.6 Å². The van der Waals surface area contributed by atoms with Crippen LogP contribution < -0.4 is 0 Å². The number of aromatic nitrogens is 3. The number of hydrogen-bond donors (Lipinski definition) is 0. The SMILES string of the molecule is Cc1ncc2oc(-c3ccc(CC(=O)Cc4c(F)cc(Cl)cc4F)cc3)nn12. The van der Waals surface area contributed by atoms with Crippen LogP contribution >= 0.6 is 11.6 Å². The van der Waals surface area contributed by atoms with Gasteiger partial charge in [-0.2, -0.15) is 4.52 Å². The molecule has 0 aliphatic heterocycles. The predicted molar refractivity (Wildman–Crippen MR) is 99.2 cm³/mol. The highest BCUT2D eigenvalue weighted by molar-refractivity contribution is 6.30. The number of halogens is 3. The average molecular weight is 402 g/mol. The number of fused-ring (bicyclic) bond motifs is 1. The number of carbonyl (C=O) groups excluding carboxylic acids is 1. The van der Waals surface area contributed by atoms with Crippen molar-refractivity contribution in [3.05, 3.63) is 76.2 Å². The molecular formula is C20H14ClF2N3O2. The van der Waals surface area contributed by atoms with Gasteiger partial charge in [-0.15, -0.1) is 5.10 Å². The van der Waals surface area contributed by atoms with Crippen molar-refractivity contribution in [3.63, 3.8) is 0 Å². The molecule has 0 saturated carbocycles. The molecule has 2 aromatic heterocycles. The zero-order valence-corrected chi connectivity index (χ0v) is 15.5. The van der Waals surface area contributed by atoms with E-state index in [9.17, 15) is 13.6 Å². The third-order valence-electron chi connectivity index (χ3n) is 4.35. The maximum Gasteiger partial charge on any atom is 0.246 e. The highest BCUT2D eigenvalue weighted by atomic mass is 35.5. The van der Waals surface area contributed by atoms with Gasteiger partial charge >= 0.3 is 0 Å². The highest BCUT2D eigenvalue weighted by Crippen LogP contribution is 2.22. The maximum absolute atomic E-state index is 13.8. The molecule has 0 spiro atoms. The maximum atomic E-state index is 13.8. The van der Waals surface area contributed by atoms with Gasteiger partial charge in [0, 0.05) is 29.0 Å². The number of nitrogens with zero attached hydrogens (tertiary/aromatic N) is 3. The molecule has 5 nitrogen and oxygen atoms in total. The van der Waals surface area contributed by atoms with Crippen LogP contribution in [0, 0.1) is 18.6 Å². The van der Waals surface area contributed by atoms with Crippen LogP contribution in [0.25, 0.3) is 17.2 Å². The van der Waals surface area contributed by atoms with Crippen molar-refractivity contribution < 1.29 is 18.0 Å². The van der Waals surface area contributed by atoms with Gasteiger partial charge in [0.2, 0.25) is 11.6 Å². The van der Waals surface area contributed by atoms with Crippen molar-refractivity contribution in [2.75, 3.05) is 0 Å². The molecule has 2 aromatic carbocycles. The lowest BCUT2D eigenvalue weighted by atomic mass is 10.0. The molecule has 28 heavy (non-hydrogen) atoms. The number of Topliss-reactive ketones (excluding diaryl/α,β-unsaturated/α-hetero) is 1. The van der Waals surface area contributed by atoms with E-state index in [0.717, 1.165) is 23.3 Å². The van der Waals surface area contributed by atoms with Gasteiger partial charge < -0.3 is 4.42 Å². The molecule has 0 fully saturated rings. The Morgan fingerprint density at radius 1 is 1.14 bits per heavy atom. The normalized spacial score (nSPS) is 11.3. The summed E-state index contributed by atoms with van der Waals surface area (Å²) in [5.41, 5.74) is 1.73. The molecule has 0 atom stereocenters. The number of rotatable bonds is 5. The molecule has 0 aliphatic carbocycles. The van der Waals surface area contributed by atoms with Gasteiger partial charge in [0.15, 0.2) is 0 Å². The molecule has 0 unspecified atom stereocenters. The Kier molecular flexibility index (Phi) is 4.68. The van der Waals surface area contributed by atoms with Crippen LogP contribution in [-0.4, -0.2) is 20.4 Å². The number of benzene rings is 2. The summed E-state index contributed by atoms with van der Waals surface area (Å²) in [6, 6.07) is 9.06. The summed E-state index contributed by atoms with van der Waals surface area (Å²) in [6.45, 7) is 1.82. The molecule has 142 valence electrons. The smallest absolute Gasteiger partial charge is 0.246 e. The summed E-state index contributed by atoms with van der Waals surface area (Å²) < 4.78 is 34.9. The third-order valence-corrected chi connectivity index (χ3v) is 4.57. The number of ketones is 1. The van der Waals surface area contributed by atoms with E-state index >= 15 is 0 Å². The van der Waals surface area contributed by atoms with Crippen molar-refractivity contribution in [3.8, 4) is 11.5 Å². The molecule has 4 aromatic rings. The first-order valence-electron chi connectivity index (χ1n) is 8.46. The first kappa shape index (κ1) is 18.3. The summed E-state index contributed by atoms with van der Waals surface area (Å²) in [4.78, 5) is 16.3. The van der Waals surface area contributed by atoms with Gasteiger partial charge in [-0.25, -0.2) is 13.8 Å². The fraction of sp³-hybridized carbons (Fsp3) is 0.150. The van der Waals surface area contributed by atoms with Crippen LogP contribution in [0.3, 0.4) is 0 Å². The number of aryl methyl sites for hydroxylation is 1. The third kappa shape index (κ3) is 3.53. The van der Waals surface area contributed by atoms with Crippen LogP contribution in [-0.2, 0) is 17.6 Å². The van der Waals surface area contributed by atoms with Gasteiger partial charge in [-0.3, -0.25) is 4.79 Å². The van der Waals surface area contributed by atoms with Gasteiger partial charge in [0.1, 0.15) is 23.2 Å². The van der Waals surface area contributed by atoms with E-state index in [4.69, 9.17) is 16.0 Å². The molecule has 0 radical (unpaired) electrons. The van der Waals surface area contributed by atoms with Gasteiger partial charge in [0.25, 0.3) is 0 Å². The van der Waals surface area contributed by atoms with Crippen molar-refractivity contribution >= 4 is 23.1 Å². The van der Waals surface area contributed by atoms with Crippen LogP contribution in [0.2, 0.25) is 5.02 Å². The number of carbonyl (C=O) groups is 1. The fourth-order valence-corrected chi connectivity index (χ4v) is 3.12. The predicted octanol–water partition coefficient (Wildman–Crippen LogP) is 4.58. The van der Waals surface area contributed by atoms with Crippen molar-refractivity contribution in [2.45, 2.75) is 19.8 Å². The first-order valence-corrected chi connectivity index (χ1v) is 8.84. The average Bonchev–Trinajstić information content (AvgIpc) is 3.21. The van der Waals surface area contributed by atoms with E-state index in [1.54, 1.807) is 35.0 Å². The van der Waals surface area contributed by atoms with Crippen molar-refractivity contribution in [1.82, 2.24) is 14.6 Å². The molecule has 4 rings (SSSR count). The minimum Gasteiger partial charge on any atom is -0.417 e. The second kappa shape index (κ2) is 7.16. The van der Waals surface area contributed by atoms with E-state index in [2.05, 4.69) is 10.1 Å². The molecule has 2 heterocycles. The molecule has 8 heteroatoms. The lowest BCUT2D eigenvalue weighted by molar-refractivity contribution is -0.117. The Hall–Kier alpha value is -3.06. The fourth-order valence-electron chi connectivity index (χ4n) is 2.93. The highest BCUT2D eigenvalue weighted by Gasteiger charge is 2.16. The zero-order chi connectivity index (χ0) is 19.8. The Balaban J connectivity index is 1.47. The molecule has 0 N–H and O–H groups in total. The minimum absolute atomic E-state index is 0.0449. The van der Waals surface area contributed by atoms with Crippen LogP contribution in [0.5, 0.6) is 0 Å². The van der Waals surface area contributed by atoms with Crippen LogP contribution in [0.4, 0.5) is 8.78 Å². The van der Waals surface area contributed by atoms with Gasteiger partial charge in [0.05, 0.1) is 6.20 Å². The van der Waals surface area contributed by atoms with Crippen molar-refractivity contribution in [2.24, 2.45) is 0 Å². The number of imidazole rings is 1.